The highest BCUT2D eigenvalue weighted by Crippen LogP contribution is 2.28. The Hall–Kier alpha value is -2.28. The molecule has 1 N–H and O–H groups in total. The van der Waals surface area contributed by atoms with E-state index in [1.807, 2.05) is 28.0 Å². The monoisotopic (exact) mass is 375 g/mol. The van der Waals surface area contributed by atoms with Crippen molar-refractivity contribution in [2.75, 3.05) is 46.9 Å². The van der Waals surface area contributed by atoms with Crippen LogP contribution in [0.5, 0.6) is 11.5 Å². The molecule has 27 heavy (non-hydrogen) atoms. The Kier molecular flexibility index (Phi) is 6.21. The van der Waals surface area contributed by atoms with Gasteiger partial charge in [-0.2, -0.15) is 0 Å². The molecule has 2 amide bonds. The van der Waals surface area contributed by atoms with Gasteiger partial charge in [-0.25, -0.2) is 0 Å². The lowest BCUT2D eigenvalue weighted by molar-refractivity contribution is -0.138. The lowest BCUT2D eigenvalue weighted by atomic mass is 10.0. The Morgan fingerprint density at radius 2 is 2.04 bits per heavy atom. The lowest BCUT2D eigenvalue weighted by Gasteiger charge is -2.35. The highest BCUT2D eigenvalue weighted by molar-refractivity contribution is 5.89. The third kappa shape index (κ3) is 4.35. The van der Waals surface area contributed by atoms with Gasteiger partial charge >= 0.3 is 0 Å². The molecule has 0 spiro atoms. The number of benzene rings is 1. The third-order valence-corrected chi connectivity index (χ3v) is 5.47. The van der Waals surface area contributed by atoms with Crippen LogP contribution in [0.1, 0.15) is 18.9 Å². The van der Waals surface area contributed by atoms with Crippen molar-refractivity contribution in [3.63, 3.8) is 0 Å². The number of amides is 2. The van der Waals surface area contributed by atoms with Gasteiger partial charge in [-0.1, -0.05) is 6.07 Å². The molecule has 0 aliphatic carbocycles. The van der Waals surface area contributed by atoms with E-state index in [0.29, 0.717) is 31.0 Å². The molecule has 2 fully saturated rings. The van der Waals surface area contributed by atoms with E-state index in [0.717, 1.165) is 31.6 Å². The van der Waals surface area contributed by atoms with Crippen LogP contribution in [0.3, 0.4) is 0 Å². The molecule has 2 atom stereocenters. The zero-order chi connectivity index (χ0) is 19.4. The average molecular weight is 375 g/mol. The molecule has 148 valence electrons. The lowest BCUT2D eigenvalue weighted by Crippen LogP contribution is -2.54. The number of hydrogen-bond acceptors (Lipinski definition) is 5. The van der Waals surface area contributed by atoms with Crippen LogP contribution in [0, 0.1) is 5.92 Å². The summed E-state index contributed by atoms with van der Waals surface area (Å²) in [6, 6.07) is 5.97. The second-order valence-electron chi connectivity index (χ2n) is 7.26. The maximum atomic E-state index is 12.8. The van der Waals surface area contributed by atoms with E-state index >= 15 is 0 Å². The molecule has 2 heterocycles. The number of carbonyl (C=O) groups is 2. The van der Waals surface area contributed by atoms with E-state index < -0.39 is 0 Å². The zero-order valence-corrected chi connectivity index (χ0v) is 16.4. The first-order valence-electron chi connectivity index (χ1n) is 9.53. The average Bonchev–Trinajstić information content (AvgIpc) is 3.06. The van der Waals surface area contributed by atoms with E-state index in [1.165, 1.54) is 0 Å². The van der Waals surface area contributed by atoms with E-state index in [2.05, 4.69) is 12.2 Å². The van der Waals surface area contributed by atoms with Crippen molar-refractivity contribution in [3.8, 4) is 11.5 Å². The van der Waals surface area contributed by atoms with Crippen LogP contribution in [-0.2, 0) is 16.0 Å². The molecule has 2 aliphatic heterocycles. The van der Waals surface area contributed by atoms with Crippen LogP contribution >= 0.6 is 0 Å². The quantitative estimate of drug-likeness (QED) is 0.801. The van der Waals surface area contributed by atoms with E-state index in [4.69, 9.17) is 9.47 Å². The van der Waals surface area contributed by atoms with Gasteiger partial charge in [-0.15, -0.1) is 0 Å². The van der Waals surface area contributed by atoms with Gasteiger partial charge in [-0.3, -0.25) is 9.59 Å². The topological polar surface area (TPSA) is 71.1 Å². The van der Waals surface area contributed by atoms with Gasteiger partial charge in [0.1, 0.15) is 0 Å². The van der Waals surface area contributed by atoms with Crippen molar-refractivity contribution < 1.29 is 19.1 Å². The molecule has 0 radical (unpaired) electrons. The molecular formula is C20H29N3O4. The second-order valence-corrected chi connectivity index (χ2v) is 7.26. The first-order chi connectivity index (χ1) is 13.0. The van der Waals surface area contributed by atoms with Gasteiger partial charge in [0.05, 0.1) is 20.1 Å². The smallest absolute Gasteiger partial charge is 0.228 e. The number of rotatable bonds is 6. The van der Waals surface area contributed by atoms with Crippen molar-refractivity contribution in [2.45, 2.75) is 25.8 Å². The summed E-state index contributed by atoms with van der Waals surface area (Å²) in [4.78, 5) is 28.9. The number of ether oxygens (including phenoxy) is 2. The SMILES string of the molecule is COc1ccc(CCN2CC(C(=O)N3CCNC[C@@H]3C)CC2=O)cc1OC. The normalized spacial score (nSPS) is 22.9. The second kappa shape index (κ2) is 8.61. The van der Waals surface area contributed by atoms with Gasteiger partial charge in [-0.05, 0) is 31.0 Å². The van der Waals surface area contributed by atoms with E-state index in [-0.39, 0.29) is 23.8 Å². The van der Waals surface area contributed by atoms with Gasteiger partial charge in [0.15, 0.2) is 11.5 Å². The van der Waals surface area contributed by atoms with E-state index in [9.17, 15) is 9.59 Å². The minimum absolute atomic E-state index is 0.0663. The fraction of sp³-hybridized carbons (Fsp3) is 0.600. The summed E-state index contributed by atoms with van der Waals surface area (Å²) in [6.07, 6.45) is 1.04. The molecule has 2 aliphatic rings. The van der Waals surface area contributed by atoms with Crippen molar-refractivity contribution in [2.24, 2.45) is 5.92 Å². The number of nitrogens with zero attached hydrogens (tertiary/aromatic N) is 2. The molecular weight excluding hydrogens is 346 g/mol. The third-order valence-electron chi connectivity index (χ3n) is 5.47. The first kappa shape index (κ1) is 19.5. The van der Waals surface area contributed by atoms with Crippen LogP contribution in [0.15, 0.2) is 18.2 Å². The van der Waals surface area contributed by atoms with Crippen molar-refractivity contribution in [1.29, 1.82) is 0 Å². The summed E-state index contributed by atoms with van der Waals surface area (Å²) in [6.45, 7) is 5.53. The van der Waals surface area contributed by atoms with Gasteiger partial charge in [0.2, 0.25) is 11.8 Å². The minimum Gasteiger partial charge on any atom is -0.493 e. The van der Waals surface area contributed by atoms with Gasteiger partial charge < -0.3 is 24.6 Å². The number of nitrogens with one attached hydrogen (secondary N) is 1. The Morgan fingerprint density at radius 1 is 1.26 bits per heavy atom. The summed E-state index contributed by atoms with van der Waals surface area (Å²) >= 11 is 0. The summed E-state index contributed by atoms with van der Waals surface area (Å²) < 4.78 is 10.6. The summed E-state index contributed by atoms with van der Waals surface area (Å²) in [5.74, 6) is 1.34. The molecule has 0 aromatic heterocycles. The van der Waals surface area contributed by atoms with Crippen LogP contribution in [-0.4, -0.2) is 74.6 Å². The first-order valence-corrected chi connectivity index (χ1v) is 9.53. The molecule has 7 heteroatoms. The van der Waals surface area contributed by atoms with Crippen molar-refractivity contribution in [3.05, 3.63) is 23.8 Å². The Balaban J connectivity index is 1.57. The van der Waals surface area contributed by atoms with E-state index in [1.54, 1.807) is 14.2 Å². The molecule has 1 aromatic carbocycles. The standard InChI is InChI=1S/C20H29N3O4/c1-14-12-21-7-9-23(14)20(25)16-11-19(24)22(13-16)8-6-15-4-5-17(26-2)18(10-15)27-3/h4-5,10,14,16,21H,6-9,11-13H2,1-3H3/t14-,16?/m0/s1. The molecule has 1 unspecified atom stereocenters. The zero-order valence-electron chi connectivity index (χ0n) is 16.4. The van der Waals surface area contributed by atoms with Crippen LogP contribution in [0.2, 0.25) is 0 Å². The highest BCUT2D eigenvalue weighted by atomic mass is 16.5. The largest absolute Gasteiger partial charge is 0.493 e. The fourth-order valence-electron chi connectivity index (χ4n) is 3.86. The maximum Gasteiger partial charge on any atom is 0.228 e. The van der Waals surface area contributed by atoms with Crippen molar-refractivity contribution in [1.82, 2.24) is 15.1 Å². The molecule has 2 saturated heterocycles. The van der Waals surface area contributed by atoms with Crippen LogP contribution < -0.4 is 14.8 Å². The fourth-order valence-corrected chi connectivity index (χ4v) is 3.86. The number of likely N-dealkylation sites (tertiary alicyclic amines) is 1. The van der Waals surface area contributed by atoms with Crippen LogP contribution in [0.4, 0.5) is 0 Å². The Labute approximate surface area is 160 Å². The summed E-state index contributed by atoms with van der Waals surface area (Å²) in [7, 11) is 3.22. The molecule has 3 rings (SSSR count). The Bertz CT molecular complexity index is 694. The molecule has 1 aromatic rings. The summed E-state index contributed by atoms with van der Waals surface area (Å²) in [5.41, 5.74) is 1.07. The number of piperazine rings is 1. The maximum absolute atomic E-state index is 12.8. The van der Waals surface area contributed by atoms with Crippen LogP contribution in [0.25, 0.3) is 0 Å². The predicted molar refractivity (Wildman–Crippen MR) is 102 cm³/mol. The van der Waals surface area contributed by atoms with Gasteiger partial charge in [0.25, 0.3) is 0 Å². The highest BCUT2D eigenvalue weighted by Gasteiger charge is 2.37. The minimum atomic E-state index is -0.219. The Morgan fingerprint density at radius 3 is 2.74 bits per heavy atom. The van der Waals surface area contributed by atoms with Crippen molar-refractivity contribution >= 4 is 11.8 Å². The number of hydrogen-bond donors (Lipinski definition) is 1. The predicted octanol–water partition coefficient (Wildman–Crippen LogP) is 0.915. The number of carbonyl (C=O) groups excluding carboxylic acids is 2. The van der Waals surface area contributed by atoms with Gasteiger partial charge in [0, 0.05) is 45.2 Å². The molecule has 0 bridgehead atoms. The molecule has 0 saturated carbocycles. The molecule has 7 nitrogen and oxygen atoms in total. The summed E-state index contributed by atoms with van der Waals surface area (Å²) in [5, 5.41) is 3.29. The number of methoxy groups -OCH3 is 2.